The predicted molar refractivity (Wildman–Crippen MR) is 64.6 cm³/mol. The molecule has 1 fully saturated rings. The minimum Gasteiger partial charge on any atom is -0.317 e. The molecule has 1 heterocycles. The Hall–Kier alpha value is -0.160. The van der Waals surface area contributed by atoms with E-state index >= 15 is 0 Å². The molecule has 0 radical (unpaired) electrons. The third-order valence-electron chi connectivity index (χ3n) is 2.55. The predicted octanol–water partition coefficient (Wildman–Crippen LogP) is 0.524. The van der Waals surface area contributed by atoms with E-state index in [-0.39, 0.29) is 0 Å². The highest BCUT2D eigenvalue weighted by molar-refractivity contribution is 4.61. The molecule has 0 saturated carbocycles. The molecular formula is C11H26N4. The van der Waals surface area contributed by atoms with Crippen molar-refractivity contribution >= 4 is 0 Å². The number of unbranched alkanes of at least 4 members (excludes halogenated alkanes) is 1. The first-order valence-corrected chi connectivity index (χ1v) is 6.33. The summed E-state index contributed by atoms with van der Waals surface area (Å²) in [7, 11) is 0. The van der Waals surface area contributed by atoms with Gasteiger partial charge in [0, 0.05) is 6.54 Å². The van der Waals surface area contributed by atoms with Crippen molar-refractivity contribution in [3.8, 4) is 0 Å². The lowest BCUT2D eigenvalue weighted by molar-refractivity contribution is 0.476. The normalized spacial score (nSPS) is 19.4. The molecule has 15 heavy (non-hydrogen) atoms. The van der Waals surface area contributed by atoms with Gasteiger partial charge < -0.3 is 10.6 Å². The highest BCUT2D eigenvalue weighted by Gasteiger charge is 2.13. The minimum atomic E-state index is 1.09. The molecule has 4 nitrogen and oxygen atoms in total. The molecule has 0 amide bonds. The Balaban J connectivity index is 1.62. The van der Waals surface area contributed by atoms with Crippen molar-refractivity contribution in [2.24, 2.45) is 0 Å². The van der Waals surface area contributed by atoms with E-state index in [0.29, 0.717) is 0 Å². The molecule has 1 atom stereocenters. The van der Waals surface area contributed by atoms with Crippen molar-refractivity contribution in [2.45, 2.75) is 32.6 Å². The second-order valence-electron chi connectivity index (χ2n) is 4.14. The summed E-state index contributed by atoms with van der Waals surface area (Å²) >= 11 is 0. The van der Waals surface area contributed by atoms with E-state index in [4.69, 9.17) is 0 Å². The maximum atomic E-state index is 3.48. The summed E-state index contributed by atoms with van der Waals surface area (Å²) in [6.45, 7) is 9.14. The van der Waals surface area contributed by atoms with Crippen LogP contribution in [0.4, 0.5) is 0 Å². The number of hydrazine groups is 1. The van der Waals surface area contributed by atoms with Crippen LogP contribution in [0.25, 0.3) is 0 Å². The summed E-state index contributed by atoms with van der Waals surface area (Å²) in [5, 5.41) is 9.13. The van der Waals surface area contributed by atoms with Crippen LogP contribution in [0.1, 0.15) is 32.6 Å². The Morgan fingerprint density at radius 1 is 1.00 bits per heavy atom. The monoisotopic (exact) mass is 214 g/mol. The van der Waals surface area contributed by atoms with Crippen molar-refractivity contribution in [3.63, 3.8) is 0 Å². The van der Waals surface area contributed by atoms with E-state index in [2.05, 4.69) is 28.0 Å². The van der Waals surface area contributed by atoms with E-state index in [1.54, 1.807) is 0 Å². The molecule has 0 aromatic carbocycles. The molecule has 1 aliphatic rings. The van der Waals surface area contributed by atoms with Crippen molar-refractivity contribution in [1.29, 1.82) is 0 Å². The summed E-state index contributed by atoms with van der Waals surface area (Å²) in [6, 6.07) is 0. The molecule has 0 aromatic rings. The summed E-state index contributed by atoms with van der Waals surface area (Å²) in [5.74, 6) is 0. The first-order valence-electron chi connectivity index (χ1n) is 6.33. The lowest BCUT2D eigenvalue weighted by atomic mass is 10.3. The van der Waals surface area contributed by atoms with Crippen LogP contribution in [0.5, 0.6) is 0 Å². The third-order valence-corrected chi connectivity index (χ3v) is 2.55. The van der Waals surface area contributed by atoms with E-state index in [9.17, 15) is 0 Å². The smallest absolute Gasteiger partial charge is 0.0754 e. The number of nitrogens with zero attached hydrogens (tertiary/aromatic N) is 1. The molecule has 90 valence electrons. The maximum absolute atomic E-state index is 3.48. The van der Waals surface area contributed by atoms with E-state index < -0.39 is 0 Å². The van der Waals surface area contributed by atoms with Crippen molar-refractivity contribution < 1.29 is 0 Å². The summed E-state index contributed by atoms with van der Waals surface area (Å²) in [5.41, 5.74) is 3.16. The van der Waals surface area contributed by atoms with Crippen LogP contribution in [0.2, 0.25) is 0 Å². The molecule has 0 spiro atoms. The Labute approximate surface area is 93.8 Å². The highest BCUT2D eigenvalue weighted by Crippen LogP contribution is 1.94. The van der Waals surface area contributed by atoms with Crippen LogP contribution in [-0.4, -0.2) is 44.4 Å². The molecule has 0 aromatic heterocycles. The Morgan fingerprint density at radius 3 is 2.20 bits per heavy atom. The molecule has 0 bridgehead atoms. The summed E-state index contributed by atoms with van der Waals surface area (Å²) in [4.78, 5) is 0. The van der Waals surface area contributed by atoms with Crippen LogP contribution < -0.4 is 16.1 Å². The van der Waals surface area contributed by atoms with Gasteiger partial charge in [-0.1, -0.05) is 6.92 Å². The lowest BCUT2D eigenvalue weighted by Crippen LogP contribution is -2.21. The van der Waals surface area contributed by atoms with E-state index in [0.717, 1.165) is 19.8 Å². The van der Waals surface area contributed by atoms with E-state index in [1.165, 1.54) is 45.3 Å². The topological polar surface area (TPSA) is 49.0 Å². The molecular weight excluding hydrogens is 188 g/mol. The number of hydrogen-bond acceptors (Lipinski definition) is 4. The van der Waals surface area contributed by atoms with Gasteiger partial charge in [-0.15, -0.1) is 0 Å². The van der Waals surface area contributed by atoms with Gasteiger partial charge >= 0.3 is 0 Å². The van der Waals surface area contributed by atoms with Crippen molar-refractivity contribution in [2.75, 3.05) is 39.4 Å². The second-order valence-corrected chi connectivity index (χ2v) is 4.14. The molecule has 0 aliphatic carbocycles. The first-order chi connectivity index (χ1) is 7.43. The van der Waals surface area contributed by atoms with Gasteiger partial charge in [0.25, 0.3) is 0 Å². The van der Waals surface area contributed by atoms with Gasteiger partial charge in [0.2, 0.25) is 0 Å². The number of hydrogen-bond donors (Lipinski definition) is 3. The molecule has 3 N–H and O–H groups in total. The average molecular weight is 214 g/mol. The van der Waals surface area contributed by atoms with Gasteiger partial charge in [-0.3, -0.25) is 0 Å². The molecule has 1 rings (SSSR count). The van der Waals surface area contributed by atoms with Crippen LogP contribution in [0, 0.1) is 0 Å². The molecule has 1 unspecified atom stereocenters. The van der Waals surface area contributed by atoms with Gasteiger partial charge in [0.15, 0.2) is 0 Å². The maximum Gasteiger partial charge on any atom is 0.0754 e. The zero-order valence-corrected chi connectivity index (χ0v) is 10.0. The van der Waals surface area contributed by atoms with Gasteiger partial charge in [0.1, 0.15) is 0 Å². The zero-order chi connectivity index (χ0) is 10.8. The van der Waals surface area contributed by atoms with Crippen LogP contribution >= 0.6 is 0 Å². The van der Waals surface area contributed by atoms with Crippen molar-refractivity contribution in [3.05, 3.63) is 0 Å². The quantitative estimate of drug-likeness (QED) is 0.347. The standard InChI is InChI=1S/C11H26N4/c1-2-6-12-7-3-4-8-13-9-5-10-15-11-14-15/h12-14H,2-11H2,1H3. The Morgan fingerprint density at radius 2 is 1.60 bits per heavy atom. The van der Waals surface area contributed by atoms with Gasteiger partial charge in [-0.25, -0.2) is 10.4 Å². The third kappa shape index (κ3) is 8.81. The van der Waals surface area contributed by atoms with Crippen LogP contribution in [0.3, 0.4) is 0 Å². The minimum absolute atomic E-state index is 1.09. The fourth-order valence-corrected chi connectivity index (χ4v) is 1.53. The molecule has 1 aliphatic heterocycles. The number of rotatable bonds is 11. The van der Waals surface area contributed by atoms with Gasteiger partial charge in [0.05, 0.1) is 6.67 Å². The number of nitrogens with one attached hydrogen (secondary N) is 3. The first kappa shape index (κ1) is 12.9. The Bertz CT molecular complexity index is 137. The average Bonchev–Trinajstić information content (AvgIpc) is 3.05. The largest absolute Gasteiger partial charge is 0.317 e. The highest BCUT2D eigenvalue weighted by atomic mass is 15.7. The fraction of sp³-hybridized carbons (Fsp3) is 1.00. The van der Waals surface area contributed by atoms with Gasteiger partial charge in [-0.2, -0.15) is 0 Å². The lowest BCUT2D eigenvalue weighted by Gasteiger charge is -2.05. The van der Waals surface area contributed by atoms with E-state index in [1.807, 2.05) is 0 Å². The molecule has 4 heteroatoms. The summed E-state index contributed by atoms with van der Waals surface area (Å²) < 4.78 is 0. The van der Waals surface area contributed by atoms with Gasteiger partial charge in [-0.05, 0) is 51.9 Å². The summed E-state index contributed by atoms with van der Waals surface area (Å²) in [6.07, 6.45) is 5.07. The van der Waals surface area contributed by atoms with Crippen LogP contribution in [-0.2, 0) is 0 Å². The fourth-order valence-electron chi connectivity index (χ4n) is 1.53. The Kier molecular flexibility index (Phi) is 7.83. The molecule has 1 saturated heterocycles. The van der Waals surface area contributed by atoms with Crippen molar-refractivity contribution in [1.82, 2.24) is 21.1 Å². The second kappa shape index (κ2) is 9.09. The van der Waals surface area contributed by atoms with Crippen LogP contribution in [0.15, 0.2) is 0 Å². The zero-order valence-electron chi connectivity index (χ0n) is 10.0. The SMILES string of the molecule is CCCNCCCCNCCCN1CN1.